The van der Waals surface area contributed by atoms with E-state index in [1.54, 1.807) is 6.20 Å². The third kappa shape index (κ3) is 4.00. The third-order valence-electron chi connectivity index (χ3n) is 8.98. The van der Waals surface area contributed by atoms with E-state index in [9.17, 15) is 14.7 Å². The van der Waals surface area contributed by atoms with Gasteiger partial charge >= 0.3 is 11.8 Å². The van der Waals surface area contributed by atoms with Crippen molar-refractivity contribution < 1.29 is 19.4 Å². The summed E-state index contributed by atoms with van der Waals surface area (Å²) in [5, 5.41) is 23.2. The lowest BCUT2D eigenvalue weighted by atomic mass is 9.52. The number of amides is 2. The lowest BCUT2D eigenvalue weighted by molar-refractivity contribution is -0.148. The number of anilines is 1. The van der Waals surface area contributed by atoms with E-state index in [2.05, 4.69) is 30.2 Å². The molecule has 5 atom stereocenters. The molecule has 4 N–H and O–H groups in total. The van der Waals surface area contributed by atoms with Crippen LogP contribution in [0.25, 0.3) is 21.9 Å². The van der Waals surface area contributed by atoms with E-state index < -0.39 is 17.4 Å². The number of nitrogens with zero attached hydrogens (tertiary/aromatic N) is 4. The summed E-state index contributed by atoms with van der Waals surface area (Å²) in [5.74, 6) is 0.203. The highest BCUT2D eigenvalue weighted by atomic mass is 16.5. The first-order valence-corrected chi connectivity index (χ1v) is 13.4. The molecule has 196 valence electrons. The Balaban J connectivity index is 1.15. The predicted molar refractivity (Wildman–Crippen MR) is 136 cm³/mol. The number of hydrogen-bond donors (Lipinski definition) is 4. The molecule has 3 aromatic heterocycles. The number of carbonyl (C=O) groups excluding carboxylic acids is 2. The number of pyridine rings is 1. The van der Waals surface area contributed by atoms with Gasteiger partial charge in [0.2, 0.25) is 0 Å². The van der Waals surface area contributed by atoms with E-state index in [1.165, 1.54) is 0 Å². The first-order valence-electron chi connectivity index (χ1n) is 13.4. The molecular formula is C26H33N7O4. The maximum absolute atomic E-state index is 12.9. The number of ether oxygens (including phenoxy) is 1. The van der Waals surface area contributed by atoms with Crippen molar-refractivity contribution in [3.63, 3.8) is 0 Å². The van der Waals surface area contributed by atoms with Crippen molar-refractivity contribution in [3.05, 3.63) is 18.5 Å². The third-order valence-corrected chi connectivity index (χ3v) is 8.98. The summed E-state index contributed by atoms with van der Waals surface area (Å²) in [4.78, 5) is 35.4. The van der Waals surface area contributed by atoms with Crippen LogP contribution in [0.2, 0.25) is 0 Å². The lowest BCUT2D eigenvalue weighted by Gasteiger charge is -2.57. The number of rotatable bonds is 5. The number of aromatic amines is 1. The highest BCUT2D eigenvalue weighted by Crippen LogP contribution is 2.60. The Kier molecular flexibility index (Phi) is 5.49. The standard InChI is InChI=1S/C26H33N7O4/c34-24(28-3-4-32-5-7-37-8-6-32)25(35)30-23-19-14-29-22-18(1-2-27-22)21(19)33(31-23)20-16-9-15-10-17(20)13-26(36,11-15)12-16/h1-2,14-17,20,36H,3-13H2,(H,27,29)(H,28,34)(H,30,31,35)/t15?,16-,17+,20+,26-. The van der Waals surface area contributed by atoms with Crippen molar-refractivity contribution in [1.29, 1.82) is 0 Å². The molecule has 37 heavy (non-hydrogen) atoms. The highest BCUT2D eigenvalue weighted by Gasteiger charge is 2.55. The number of H-pyrrole nitrogens is 1. The van der Waals surface area contributed by atoms with Crippen molar-refractivity contribution >= 4 is 39.6 Å². The Morgan fingerprint density at radius 3 is 2.68 bits per heavy atom. The van der Waals surface area contributed by atoms with Gasteiger partial charge in [-0.3, -0.25) is 19.2 Å². The second kappa shape index (κ2) is 8.78. The summed E-state index contributed by atoms with van der Waals surface area (Å²) in [7, 11) is 0. The minimum absolute atomic E-state index is 0.146. The number of morpholine rings is 1. The molecule has 11 nitrogen and oxygen atoms in total. The van der Waals surface area contributed by atoms with Crippen LogP contribution in [0, 0.1) is 17.8 Å². The molecule has 0 radical (unpaired) electrons. The largest absolute Gasteiger partial charge is 0.390 e. The van der Waals surface area contributed by atoms with Crippen LogP contribution in [0.3, 0.4) is 0 Å². The van der Waals surface area contributed by atoms with Gasteiger partial charge in [-0.05, 0) is 55.9 Å². The molecule has 4 heterocycles. The smallest absolute Gasteiger partial charge is 0.314 e. The first kappa shape index (κ1) is 23.1. The molecule has 1 aliphatic heterocycles. The summed E-state index contributed by atoms with van der Waals surface area (Å²) in [6, 6.07) is 2.13. The fraction of sp³-hybridized carbons (Fsp3) is 0.615. The molecule has 5 aliphatic rings. The molecule has 8 rings (SSSR count). The van der Waals surface area contributed by atoms with Crippen LogP contribution in [-0.4, -0.2) is 86.6 Å². The molecule has 5 fully saturated rings. The van der Waals surface area contributed by atoms with Gasteiger partial charge in [0.1, 0.15) is 5.65 Å². The number of fused-ring (bicyclic) bond motifs is 3. The molecule has 1 unspecified atom stereocenters. The van der Waals surface area contributed by atoms with Crippen LogP contribution >= 0.6 is 0 Å². The number of aromatic nitrogens is 4. The molecule has 0 spiro atoms. The number of nitrogens with one attached hydrogen (secondary N) is 3. The monoisotopic (exact) mass is 507 g/mol. The molecule has 4 bridgehead atoms. The van der Waals surface area contributed by atoms with Crippen molar-refractivity contribution in [2.75, 3.05) is 44.7 Å². The Labute approximate surface area is 213 Å². The average Bonchev–Trinajstić information content (AvgIpc) is 3.48. The Morgan fingerprint density at radius 1 is 1.14 bits per heavy atom. The van der Waals surface area contributed by atoms with Crippen LogP contribution in [-0.2, 0) is 14.3 Å². The van der Waals surface area contributed by atoms with Crippen molar-refractivity contribution in [2.24, 2.45) is 17.8 Å². The van der Waals surface area contributed by atoms with E-state index >= 15 is 0 Å². The van der Waals surface area contributed by atoms with Gasteiger partial charge < -0.3 is 25.5 Å². The molecule has 3 aromatic rings. The van der Waals surface area contributed by atoms with Gasteiger partial charge in [0.25, 0.3) is 0 Å². The quantitative estimate of drug-likeness (QED) is 0.383. The van der Waals surface area contributed by atoms with Crippen LogP contribution in [0.5, 0.6) is 0 Å². The topological polar surface area (TPSA) is 137 Å². The van der Waals surface area contributed by atoms with E-state index in [1.807, 2.05) is 12.3 Å². The van der Waals surface area contributed by atoms with Gasteiger partial charge in [-0.2, -0.15) is 5.10 Å². The summed E-state index contributed by atoms with van der Waals surface area (Å²) in [6.45, 7) is 4.10. The number of carbonyl (C=O) groups is 2. The van der Waals surface area contributed by atoms with Crippen molar-refractivity contribution in [3.8, 4) is 0 Å². The van der Waals surface area contributed by atoms with E-state index in [-0.39, 0.29) is 6.04 Å². The van der Waals surface area contributed by atoms with Gasteiger partial charge in [-0.15, -0.1) is 0 Å². The zero-order chi connectivity index (χ0) is 25.1. The molecular weight excluding hydrogens is 474 g/mol. The van der Waals surface area contributed by atoms with Crippen LogP contribution in [0.15, 0.2) is 18.5 Å². The SMILES string of the molecule is O=C(NCCN1CCOCC1)C(=O)Nc1nn([C@H]2[C@@H]3CC4C[C@H]2C[C@@](O)(C4)C3)c2c1cnc1[nH]ccc12. The number of hydrogen-bond acceptors (Lipinski definition) is 7. The molecule has 4 saturated carbocycles. The number of aliphatic hydroxyl groups is 1. The van der Waals surface area contributed by atoms with Gasteiger partial charge in [0.05, 0.1) is 35.8 Å². The predicted octanol–water partition coefficient (Wildman–Crippen LogP) is 1.41. The van der Waals surface area contributed by atoms with E-state index in [4.69, 9.17) is 9.84 Å². The van der Waals surface area contributed by atoms with Crippen LogP contribution in [0.4, 0.5) is 5.82 Å². The first-order chi connectivity index (χ1) is 18.0. The zero-order valence-electron chi connectivity index (χ0n) is 20.8. The summed E-state index contributed by atoms with van der Waals surface area (Å²) < 4.78 is 7.41. The molecule has 0 aromatic carbocycles. The lowest BCUT2D eigenvalue weighted by Crippen LogP contribution is -2.55. The fourth-order valence-electron chi connectivity index (χ4n) is 7.68. The molecule has 4 aliphatic carbocycles. The van der Waals surface area contributed by atoms with Gasteiger partial charge in [-0.1, -0.05) is 0 Å². The normalized spacial score (nSPS) is 31.3. The molecule has 1 saturated heterocycles. The minimum Gasteiger partial charge on any atom is -0.390 e. The van der Waals surface area contributed by atoms with Gasteiger partial charge in [0, 0.05) is 44.0 Å². The fourth-order valence-corrected chi connectivity index (χ4v) is 7.68. The molecule has 2 amide bonds. The average molecular weight is 508 g/mol. The minimum atomic E-state index is -0.734. The summed E-state index contributed by atoms with van der Waals surface area (Å²) in [5.41, 5.74) is 1.13. The highest BCUT2D eigenvalue weighted by molar-refractivity contribution is 6.40. The van der Waals surface area contributed by atoms with E-state index in [0.717, 1.165) is 61.7 Å². The molecule has 11 heteroatoms. The maximum Gasteiger partial charge on any atom is 0.314 e. The van der Waals surface area contributed by atoms with Gasteiger partial charge in [-0.25, -0.2) is 4.98 Å². The summed E-state index contributed by atoms with van der Waals surface area (Å²) in [6.07, 6.45) is 8.27. The van der Waals surface area contributed by atoms with Crippen molar-refractivity contribution in [2.45, 2.75) is 43.7 Å². The Hall–Kier alpha value is -3.02. The Bertz CT molecular complexity index is 1340. The maximum atomic E-state index is 12.9. The van der Waals surface area contributed by atoms with E-state index in [0.29, 0.717) is 55.3 Å². The Morgan fingerprint density at radius 2 is 1.92 bits per heavy atom. The van der Waals surface area contributed by atoms with Crippen LogP contribution in [0.1, 0.15) is 38.1 Å². The van der Waals surface area contributed by atoms with Crippen LogP contribution < -0.4 is 10.6 Å². The summed E-state index contributed by atoms with van der Waals surface area (Å²) >= 11 is 0. The van der Waals surface area contributed by atoms with Gasteiger partial charge in [0.15, 0.2) is 5.82 Å². The second-order valence-corrected chi connectivity index (χ2v) is 11.4. The van der Waals surface area contributed by atoms with Crippen molar-refractivity contribution in [1.82, 2.24) is 30.0 Å². The zero-order valence-corrected chi connectivity index (χ0v) is 20.8. The second-order valence-electron chi connectivity index (χ2n) is 11.4.